The molecule has 0 saturated heterocycles. The quantitative estimate of drug-likeness (QED) is 0.624. The van der Waals surface area contributed by atoms with E-state index in [1.165, 1.54) is 6.07 Å². The molecule has 0 amide bonds. The van der Waals surface area contributed by atoms with Gasteiger partial charge in [0, 0.05) is 6.07 Å². The van der Waals surface area contributed by atoms with Crippen LogP contribution in [0.15, 0.2) is 22.7 Å². The molecule has 0 aromatic heterocycles. The number of hydrogen-bond donors (Lipinski definition) is 0. The van der Waals surface area contributed by atoms with Crippen molar-refractivity contribution in [3.63, 3.8) is 0 Å². The van der Waals surface area contributed by atoms with E-state index >= 15 is 0 Å². The molecule has 15 heavy (non-hydrogen) atoms. The van der Waals surface area contributed by atoms with Gasteiger partial charge in [-0.05, 0) is 27.9 Å². The second-order valence-electron chi connectivity index (χ2n) is 3.55. The van der Waals surface area contributed by atoms with Gasteiger partial charge in [-0.3, -0.25) is 10.1 Å². The highest BCUT2D eigenvalue weighted by Gasteiger charge is 2.15. The summed E-state index contributed by atoms with van der Waals surface area (Å²) < 4.78 is 5.84. The molecule has 4 nitrogen and oxygen atoms in total. The predicted molar refractivity (Wildman–Crippen MR) is 61.1 cm³/mol. The van der Waals surface area contributed by atoms with Crippen LogP contribution in [0.25, 0.3) is 0 Å². The zero-order valence-electron chi connectivity index (χ0n) is 8.57. The Morgan fingerprint density at radius 3 is 2.73 bits per heavy atom. The molecule has 0 spiro atoms. The third-order valence-corrected chi connectivity index (χ3v) is 2.51. The molecule has 0 fully saturated rings. The lowest BCUT2D eigenvalue weighted by molar-refractivity contribution is -0.385. The number of halogens is 1. The topological polar surface area (TPSA) is 52.4 Å². The molecule has 0 bridgehead atoms. The van der Waals surface area contributed by atoms with Crippen LogP contribution in [0.4, 0.5) is 5.69 Å². The van der Waals surface area contributed by atoms with Gasteiger partial charge in [0.15, 0.2) is 0 Å². The summed E-state index contributed by atoms with van der Waals surface area (Å²) in [7, 11) is 0. The number of rotatable bonds is 4. The van der Waals surface area contributed by atoms with Gasteiger partial charge in [-0.1, -0.05) is 19.9 Å². The lowest BCUT2D eigenvalue weighted by Crippen LogP contribution is -2.05. The average molecular weight is 274 g/mol. The average Bonchev–Trinajstić information content (AvgIpc) is 2.15. The second-order valence-corrected chi connectivity index (χ2v) is 4.34. The van der Waals surface area contributed by atoms with Crippen LogP contribution >= 0.6 is 15.9 Å². The Morgan fingerprint density at radius 1 is 1.53 bits per heavy atom. The first-order chi connectivity index (χ1) is 7.02. The Kier molecular flexibility index (Phi) is 4.08. The molecular formula is C10H12BrNO3. The Balaban J connectivity index is 2.89. The number of nitro groups is 1. The molecule has 0 heterocycles. The highest BCUT2D eigenvalue weighted by Crippen LogP contribution is 2.33. The largest absolute Gasteiger partial charge is 0.492 e. The van der Waals surface area contributed by atoms with Crippen molar-refractivity contribution in [2.45, 2.75) is 13.8 Å². The summed E-state index contributed by atoms with van der Waals surface area (Å²) in [5, 5.41) is 10.6. The smallest absolute Gasteiger partial charge is 0.287 e. The van der Waals surface area contributed by atoms with Crippen LogP contribution in [-0.4, -0.2) is 11.5 Å². The first-order valence-corrected chi connectivity index (χ1v) is 5.37. The maximum atomic E-state index is 10.6. The minimum Gasteiger partial charge on any atom is -0.492 e. The molecule has 0 atom stereocenters. The number of nitrogens with zero attached hydrogens (tertiary/aromatic N) is 1. The first-order valence-electron chi connectivity index (χ1n) is 4.58. The fraction of sp³-hybridized carbons (Fsp3) is 0.400. The number of nitro benzene ring substituents is 1. The van der Waals surface area contributed by atoms with Crippen LogP contribution < -0.4 is 4.74 Å². The SMILES string of the molecule is CC(C)COc1cccc([N+](=O)[O-])c1Br. The third-order valence-electron chi connectivity index (χ3n) is 1.71. The number of hydrogen-bond acceptors (Lipinski definition) is 3. The summed E-state index contributed by atoms with van der Waals surface area (Å²) >= 11 is 3.17. The minimum absolute atomic E-state index is 0.0243. The van der Waals surface area contributed by atoms with Gasteiger partial charge in [-0.25, -0.2) is 0 Å². The summed E-state index contributed by atoms with van der Waals surface area (Å²) in [6.45, 7) is 4.58. The van der Waals surface area contributed by atoms with Crippen LogP contribution in [0.5, 0.6) is 5.75 Å². The van der Waals surface area contributed by atoms with Crippen molar-refractivity contribution >= 4 is 21.6 Å². The van der Waals surface area contributed by atoms with E-state index in [9.17, 15) is 10.1 Å². The Labute approximate surface area is 96.5 Å². The summed E-state index contributed by atoms with van der Waals surface area (Å²) in [5.41, 5.74) is 0.0243. The van der Waals surface area contributed by atoms with Gasteiger partial charge >= 0.3 is 0 Å². The maximum Gasteiger partial charge on any atom is 0.287 e. The van der Waals surface area contributed by atoms with E-state index in [0.717, 1.165) is 0 Å². The van der Waals surface area contributed by atoms with Crippen LogP contribution in [0, 0.1) is 16.0 Å². The molecule has 0 aliphatic heterocycles. The van der Waals surface area contributed by atoms with E-state index in [2.05, 4.69) is 15.9 Å². The first kappa shape index (κ1) is 12.0. The third kappa shape index (κ3) is 3.20. The van der Waals surface area contributed by atoms with Crippen LogP contribution in [0.1, 0.15) is 13.8 Å². The highest BCUT2D eigenvalue weighted by molar-refractivity contribution is 9.10. The van der Waals surface area contributed by atoms with Crippen LogP contribution in [0.3, 0.4) is 0 Å². The number of ether oxygens (including phenoxy) is 1. The van der Waals surface area contributed by atoms with E-state index in [-0.39, 0.29) is 5.69 Å². The van der Waals surface area contributed by atoms with Crippen molar-refractivity contribution in [3.8, 4) is 5.75 Å². The molecule has 0 aliphatic rings. The molecule has 1 aromatic rings. The van der Waals surface area contributed by atoms with Gasteiger partial charge in [-0.15, -0.1) is 0 Å². The van der Waals surface area contributed by atoms with Crippen molar-refractivity contribution in [3.05, 3.63) is 32.8 Å². The molecule has 82 valence electrons. The Hall–Kier alpha value is -1.10. The Bertz CT molecular complexity index is 366. The van der Waals surface area contributed by atoms with E-state index in [1.54, 1.807) is 12.1 Å². The fourth-order valence-electron chi connectivity index (χ4n) is 1.01. The van der Waals surface area contributed by atoms with E-state index < -0.39 is 4.92 Å². The number of benzene rings is 1. The summed E-state index contributed by atoms with van der Waals surface area (Å²) in [5.74, 6) is 0.897. The van der Waals surface area contributed by atoms with E-state index in [0.29, 0.717) is 22.7 Å². The molecule has 5 heteroatoms. The van der Waals surface area contributed by atoms with Gasteiger partial charge in [0.25, 0.3) is 5.69 Å². The molecule has 0 N–H and O–H groups in total. The molecule has 0 radical (unpaired) electrons. The second kappa shape index (κ2) is 5.11. The fourth-order valence-corrected chi connectivity index (χ4v) is 1.53. The van der Waals surface area contributed by atoms with Gasteiger partial charge in [0.2, 0.25) is 0 Å². The predicted octanol–water partition coefficient (Wildman–Crippen LogP) is 3.39. The van der Waals surface area contributed by atoms with Crippen molar-refractivity contribution < 1.29 is 9.66 Å². The summed E-state index contributed by atoms with van der Waals surface area (Å²) in [6, 6.07) is 4.75. The standard InChI is InChI=1S/C10H12BrNO3/c1-7(2)6-15-9-5-3-4-8(10(9)11)12(13)14/h3-5,7H,6H2,1-2H3. The minimum atomic E-state index is -0.438. The zero-order valence-corrected chi connectivity index (χ0v) is 10.2. The Morgan fingerprint density at radius 2 is 2.20 bits per heavy atom. The van der Waals surface area contributed by atoms with Gasteiger partial charge in [-0.2, -0.15) is 0 Å². The highest BCUT2D eigenvalue weighted by atomic mass is 79.9. The molecule has 0 aliphatic carbocycles. The van der Waals surface area contributed by atoms with E-state index in [4.69, 9.17) is 4.74 Å². The maximum absolute atomic E-state index is 10.6. The van der Waals surface area contributed by atoms with Crippen LogP contribution in [0.2, 0.25) is 0 Å². The lowest BCUT2D eigenvalue weighted by atomic mass is 10.2. The molecule has 1 aromatic carbocycles. The van der Waals surface area contributed by atoms with Gasteiger partial charge in [0.1, 0.15) is 10.2 Å². The van der Waals surface area contributed by atoms with Crippen molar-refractivity contribution in [2.75, 3.05) is 6.61 Å². The molecule has 1 rings (SSSR count). The van der Waals surface area contributed by atoms with Gasteiger partial charge < -0.3 is 4.74 Å². The van der Waals surface area contributed by atoms with Crippen molar-refractivity contribution in [2.24, 2.45) is 5.92 Å². The van der Waals surface area contributed by atoms with Gasteiger partial charge in [0.05, 0.1) is 11.5 Å². The van der Waals surface area contributed by atoms with E-state index in [1.807, 2.05) is 13.8 Å². The summed E-state index contributed by atoms with van der Waals surface area (Å²) in [6.07, 6.45) is 0. The zero-order chi connectivity index (χ0) is 11.4. The van der Waals surface area contributed by atoms with Crippen molar-refractivity contribution in [1.29, 1.82) is 0 Å². The normalized spacial score (nSPS) is 10.4. The monoisotopic (exact) mass is 273 g/mol. The summed E-state index contributed by atoms with van der Waals surface area (Å²) in [4.78, 5) is 10.2. The van der Waals surface area contributed by atoms with Crippen molar-refractivity contribution in [1.82, 2.24) is 0 Å². The lowest BCUT2D eigenvalue weighted by Gasteiger charge is -2.09. The molecule has 0 unspecified atom stereocenters. The van der Waals surface area contributed by atoms with Crippen LogP contribution in [-0.2, 0) is 0 Å². The molecule has 0 saturated carbocycles. The molecular weight excluding hydrogens is 262 g/mol.